The summed E-state index contributed by atoms with van der Waals surface area (Å²) in [4.78, 5) is 15.7. The van der Waals surface area contributed by atoms with Gasteiger partial charge in [0.2, 0.25) is 5.91 Å². The number of nitrogens with zero attached hydrogens (tertiary/aromatic N) is 2. The van der Waals surface area contributed by atoms with Gasteiger partial charge in [0.25, 0.3) is 0 Å². The van der Waals surface area contributed by atoms with E-state index in [1.807, 2.05) is 0 Å². The molecule has 1 amide bonds. The molecular formula is C30H40F2N2O5S2. The Bertz CT molecular complexity index is 1400. The van der Waals surface area contributed by atoms with Crippen molar-refractivity contribution in [2.24, 2.45) is 5.92 Å². The first kappa shape index (κ1) is 31.6. The number of amides is 1. The summed E-state index contributed by atoms with van der Waals surface area (Å²) >= 11 is 0. The van der Waals surface area contributed by atoms with Crippen LogP contribution in [0.3, 0.4) is 0 Å². The van der Waals surface area contributed by atoms with Crippen molar-refractivity contribution in [2.45, 2.75) is 61.5 Å². The van der Waals surface area contributed by atoms with Gasteiger partial charge in [0, 0.05) is 38.3 Å². The van der Waals surface area contributed by atoms with Crippen LogP contribution in [-0.4, -0.2) is 82.5 Å². The standard InChI is InChI=1S/C30H40F2N2O5S2/c1-22(35)34-16-9-29(10-17-34)41(38,39)18-12-23-7-13-33(14-8-23)15-11-30(25-19-26(31)21-27(32)20-25)24-3-5-28(6-4-24)40(2,36)37/h3-6,19-21,23,29-30H,7-18H2,1-2H3/t30-/m1/s1. The number of rotatable bonds is 10. The quantitative estimate of drug-likeness (QED) is 0.396. The topological polar surface area (TPSA) is 91.8 Å². The highest BCUT2D eigenvalue weighted by molar-refractivity contribution is 7.92. The van der Waals surface area contributed by atoms with E-state index in [-0.39, 0.29) is 27.7 Å². The van der Waals surface area contributed by atoms with Crippen molar-refractivity contribution in [2.75, 3.05) is 44.7 Å². The maximum Gasteiger partial charge on any atom is 0.219 e. The van der Waals surface area contributed by atoms with Crippen LogP contribution >= 0.6 is 0 Å². The van der Waals surface area contributed by atoms with Crippen molar-refractivity contribution in [3.63, 3.8) is 0 Å². The van der Waals surface area contributed by atoms with Gasteiger partial charge in [0.1, 0.15) is 11.6 Å². The highest BCUT2D eigenvalue weighted by Crippen LogP contribution is 2.32. The summed E-state index contributed by atoms with van der Waals surface area (Å²) in [5.41, 5.74) is 1.29. The average Bonchev–Trinajstić information content (AvgIpc) is 2.92. The number of sulfone groups is 2. The summed E-state index contributed by atoms with van der Waals surface area (Å²) in [6.07, 6.45) is 5.17. The minimum absolute atomic E-state index is 0.00752. The molecule has 2 aliphatic heterocycles. The molecule has 1 atom stereocenters. The molecule has 0 aliphatic carbocycles. The molecule has 0 unspecified atom stereocenters. The molecule has 0 saturated carbocycles. The van der Waals surface area contributed by atoms with Crippen LogP contribution in [0.15, 0.2) is 47.4 Å². The number of hydrogen-bond acceptors (Lipinski definition) is 6. The van der Waals surface area contributed by atoms with Crippen LogP contribution < -0.4 is 0 Å². The Morgan fingerprint density at radius 2 is 1.46 bits per heavy atom. The Balaban J connectivity index is 1.32. The van der Waals surface area contributed by atoms with E-state index in [0.29, 0.717) is 56.8 Å². The molecule has 2 fully saturated rings. The molecule has 0 N–H and O–H groups in total. The maximum absolute atomic E-state index is 14.1. The van der Waals surface area contributed by atoms with E-state index in [9.17, 15) is 30.4 Å². The van der Waals surface area contributed by atoms with Crippen molar-refractivity contribution < 1.29 is 30.4 Å². The number of carbonyl (C=O) groups is 1. The molecule has 226 valence electrons. The smallest absolute Gasteiger partial charge is 0.219 e. The maximum atomic E-state index is 14.1. The predicted octanol–water partition coefficient (Wildman–Crippen LogP) is 4.42. The summed E-state index contributed by atoms with van der Waals surface area (Å²) < 4.78 is 77.9. The van der Waals surface area contributed by atoms with Gasteiger partial charge in [-0.2, -0.15) is 0 Å². The fraction of sp³-hybridized carbons (Fsp3) is 0.567. The Labute approximate surface area is 242 Å². The zero-order chi connectivity index (χ0) is 29.8. The molecule has 2 aliphatic rings. The Morgan fingerprint density at radius 1 is 0.878 bits per heavy atom. The third-order valence-electron chi connectivity index (χ3n) is 8.64. The van der Waals surface area contributed by atoms with Crippen LogP contribution in [0.1, 0.15) is 62.5 Å². The van der Waals surface area contributed by atoms with Crippen LogP contribution in [0, 0.1) is 17.6 Å². The van der Waals surface area contributed by atoms with Gasteiger partial charge in [0.15, 0.2) is 19.7 Å². The van der Waals surface area contributed by atoms with Crippen molar-refractivity contribution >= 4 is 25.6 Å². The van der Waals surface area contributed by atoms with Gasteiger partial charge >= 0.3 is 0 Å². The minimum Gasteiger partial charge on any atom is -0.343 e. The van der Waals surface area contributed by atoms with Gasteiger partial charge in [-0.05, 0) is 99.5 Å². The summed E-state index contributed by atoms with van der Waals surface area (Å²) in [5, 5.41) is -0.366. The summed E-state index contributed by atoms with van der Waals surface area (Å²) in [6, 6.07) is 9.97. The normalized spacial score (nSPS) is 18.9. The van der Waals surface area contributed by atoms with Gasteiger partial charge in [-0.3, -0.25) is 4.79 Å². The SMILES string of the molecule is CC(=O)N1CCC(S(=O)(=O)CCC2CCN(CC[C@H](c3ccc(S(C)(=O)=O)cc3)c3cc(F)cc(F)c3)CC2)CC1. The zero-order valence-corrected chi connectivity index (χ0v) is 25.4. The molecule has 0 bridgehead atoms. The fourth-order valence-electron chi connectivity index (χ4n) is 6.09. The molecular weight excluding hydrogens is 570 g/mol. The molecule has 0 spiro atoms. The summed E-state index contributed by atoms with van der Waals surface area (Å²) in [7, 11) is -6.56. The van der Waals surface area contributed by atoms with E-state index in [2.05, 4.69) is 4.90 Å². The summed E-state index contributed by atoms with van der Waals surface area (Å²) in [6.45, 7) is 4.85. The molecule has 41 heavy (non-hydrogen) atoms. The van der Waals surface area contributed by atoms with Crippen molar-refractivity contribution in [1.82, 2.24) is 9.80 Å². The molecule has 4 rings (SSSR count). The number of carbonyl (C=O) groups excluding carboxylic acids is 1. The van der Waals surface area contributed by atoms with Gasteiger partial charge in [0.05, 0.1) is 15.9 Å². The van der Waals surface area contributed by atoms with E-state index in [4.69, 9.17) is 0 Å². The first-order valence-corrected chi connectivity index (χ1v) is 17.9. The Kier molecular flexibility index (Phi) is 10.2. The lowest BCUT2D eigenvalue weighted by Gasteiger charge is -2.34. The van der Waals surface area contributed by atoms with E-state index < -0.39 is 31.3 Å². The van der Waals surface area contributed by atoms with Crippen molar-refractivity contribution in [3.05, 3.63) is 65.2 Å². The molecule has 0 aromatic heterocycles. The average molecular weight is 611 g/mol. The number of likely N-dealkylation sites (tertiary alicyclic amines) is 2. The number of halogens is 2. The fourth-order valence-corrected chi connectivity index (χ4v) is 8.64. The molecule has 2 aromatic carbocycles. The van der Waals surface area contributed by atoms with Gasteiger partial charge in [-0.1, -0.05) is 12.1 Å². The van der Waals surface area contributed by atoms with Gasteiger partial charge in [-0.25, -0.2) is 25.6 Å². The van der Waals surface area contributed by atoms with E-state index in [1.54, 1.807) is 17.0 Å². The molecule has 2 heterocycles. The van der Waals surface area contributed by atoms with Gasteiger partial charge in [-0.15, -0.1) is 0 Å². The summed E-state index contributed by atoms with van der Waals surface area (Å²) in [5.74, 6) is -1.12. The van der Waals surface area contributed by atoms with Crippen LogP contribution in [-0.2, 0) is 24.5 Å². The second-order valence-electron chi connectivity index (χ2n) is 11.5. The largest absolute Gasteiger partial charge is 0.343 e. The highest BCUT2D eigenvalue weighted by atomic mass is 32.2. The monoisotopic (exact) mass is 610 g/mol. The third-order valence-corrected chi connectivity index (χ3v) is 12.1. The van der Waals surface area contributed by atoms with Crippen LogP contribution in [0.25, 0.3) is 0 Å². The molecule has 11 heteroatoms. The Hall–Kier alpha value is -2.37. The lowest BCUT2D eigenvalue weighted by Crippen LogP contribution is -2.42. The van der Waals surface area contributed by atoms with Gasteiger partial charge < -0.3 is 9.80 Å². The first-order valence-electron chi connectivity index (χ1n) is 14.3. The van der Waals surface area contributed by atoms with E-state index in [0.717, 1.165) is 43.8 Å². The second-order valence-corrected chi connectivity index (χ2v) is 15.9. The molecule has 2 saturated heterocycles. The number of piperidine rings is 2. The molecule has 0 radical (unpaired) electrons. The first-order chi connectivity index (χ1) is 19.3. The second kappa shape index (κ2) is 13.3. The van der Waals surface area contributed by atoms with Crippen molar-refractivity contribution in [1.29, 1.82) is 0 Å². The van der Waals surface area contributed by atoms with E-state index >= 15 is 0 Å². The number of hydrogen-bond donors (Lipinski definition) is 0. The highest BCUT2D eigenvalue weighted by Gasteiger charge is 2.31. The minimum atomic E-state index is -3.36. The lowest BCUT2D eigenvalue weighted by molar-refractivity contribution is -0.129. The lowest BCUT2D eigenvalue weighted by atomic mass is 9.87. The number of benzene rings is 2. The van der Waals surface area contributed by atoms with Crippen molar-refractivity contribution in [3.8, 4) is 0 Å². The zero-order valence-electron chi connectivity index (χ0n) is 23.8. The Morgan fingerprint density at radius 3 is 2.00 bits per heavy atom. The third kappa shape index (κ3) is 8.58. The van der Waals surface area contributed by atoms with E-state index in [1.165, 1.54) is 31.2 Å². The molecule has 7 nitrogen and oxygen atoms in total. The van der Waals surface area contributed by atoms with Crippen LogP contribution in [0.4, 0.5) is 8.78 Å². The predicted molar refractivity (Wildman–Crippen MR) is 155 cm³/mol. The van der Waals surface area contributed by atoms with Crippen LogP contribution in [0.5, 0.6) is 0 Å². The van der Waals surface area contributed by atoms with Crippen LogP contribution in [0.2, 0.25) is 0 Å². The molecule has 2 aromatic rings.